The number of nitrogens with zero attached hydrogens (tertiary/aromatic N) is 2. The number of aryl methyl sites for hydroxylation is 2. The number of rotatable bonds is 5. The Hall–Kier alpha value is -2.42. The quantitative estimate of drug-likeness (QED) is 0.723. The van der Waals surface area contributed by atoms with Crippen molar-refractivity contribution in [2.45, 2.75) is 43.7 Å². The van der Waals surface area contributed by atoms with E-state index >= 15 is 0 Å². The van der Waals surface area contributed by atoms with Gasteiger partial charge in [0, 0.05) is 31.7 Å². The van der Waals surface area contributed by atoms with Crippen LogP contribution in [0.25, 0.3) is 0 Å². The zero-order valence-electron chi connectivity index (χ0n) is 19.0. The fourth-order valence-corrected chi connectivity index (χ4v) is 6.35. The number of benzene rings is 2. The molecule has 2 heterocycles. The molecule has 2 aliphatic rings. The maximum Gasteiger partial charge on any atom is 0.243 e. The van der Waals surface area contributed by atoms with Crippen LogP contribution in [0.5, 0.6) is 5.75 Å². The summed E-state index contributed by atoms with van der Waals surface area (Å²) in [5, 5.41) is 7.15. The molecule has 2 aromatic rings. The number of ether oxygens (including phenoxy) is 1. The molecule has 2 aliphatic heterocycles. The molecule has 0 bridgehead atoms. The molecule has 2 aromatic carbocycles. The Morgan fingerprint density at radius 3 is 2.66 bits per heavy atom. The van der Waals surface area contributed by atoms with Gasteiger partial charge in [0.15, 0.2) is 0 Å². The minimum atomic E-state index is -3.52. The molecule has 0 radical (unpaired) electrons. The Balaban J connectivity index is 1.49. The van der Waals surface area contributed by atoms with E-state index in [9.17, 15) is 8.42 Å². The first-order valence-electron chi connectivity index (χ1n) is 11.1. The summed E-state index contributed by atoms with van der Waals surface area (Å²) in [5.41, 5.74) is 2.47. The van der Waals surface area contributed by atoms with E-state index in [1.807, 2.05) is 50.2 Å². The molecule has 0 aliphatic carbocycles. The molecule has 172 valence electrons. The molecule has 8 heteroatoms. The van der Waals surface area contributed by atoms with Crippen LogP contribution in [-0.4, -0.2) is 57.4 Å². The van der Waals surface area contributed by atoms with Gasteiger partial charge in [-0.05, 0) is 49.9 Å². The highest BCUT2D eigenvalue weighted by Gasteiger charge is 2.43. The maximum absolute atomic E-state index is 13.3. The van der Waals surface area contributed by atoms with Gasteiger partial charge in [-0.15, -0.1) is 0 Å². The summed E-state index contributed by atoms with van der Waals surface area (Å²) in [6.07, 6.45) is 1.35. The molecule has 0 saturated carbocycles. The first-order chi connectivity index (χ1) is 15.4. The Kier molecular flexibility index (Phi) is 6.55. The van der Waals surface area contributed by atoms with Crippen LogP contribution in [0.1, 0.15) is 29.5 Å². The van der Waals surface area contributed by atoms with Crippen molar-refractivity contribution in [2.24, 2.45) is 4.99 Å². The van der Waals surface area contributed by atoms with Crippen LogP contribution in [0, 0.1) is 13.8 Å². The van der Waals surface area contributed by atoms with Gasteiger partial charge in [0.1, 0.15) is 11.6 Å². The number of para-hydroxylation sites is 1. The second-order valence-corrected chi connectivity index (χ2v) is 10.5. The highest BCUT2D eigenvalue weighted by molar-refractivity contribution is 7.89. The number of sulfonamides is 1. The molecule has 32 heavy (non-hydrogen) atoms. The minimum Gasteiger partial charge on any atom is -0.496 e. The van der Waals surface area contributed by atoms with Gasteiger partial charge >= 0.3 is 0 Å². The SMILES string of the molecule is COc1ccccc1CNC1=NCCNC12CCN(S(=O)(=O)c1cc(C)ccc1C)CC2. The van der Waals surface area contributed by atoms with Crippen LogP contribution in [0.4, 0.5) is 0 Å². The Morgan fingerprint density at radius 1 is 1.16 bits per heavy atom. The van der Waals surface area contributed by atoms with Gasteiger partial charge in [-0.3, -0.25) is 4.99 Å². The highest BCUT2D eigenvalue weighted by atomic mass is 32.2. The fraction of sp³-hybridized carbons (Fsp3) is 0.458. The zero-order valence-corrected chi connectivity index (χ0v) is 19.8. The van der Waals surface area contributed by atoms with Crippen molar-refractivity contribution in [3.8, 4) is 5.75 Å². The normalized spacial score (nSPS) is 18.9. The molecule has 1 saturated heterocycles. The van der Waals surface area contributed by atoms with Crippen LogP contribution in [0.3, 0.4) is 0 Å². The predicted octanol–water partition coefficient (Wildman–Crippen LogP) is 2.63. The summed E-state index contributed by atoms with van der Waals surface area (Å²) >= 11 is 0. The summed E-state index contributed by atoms with van der Waals surface area (Å²) in [7, 11) is -1.85. The van der Waals surface area contributed by atoms with E-state index in [1.165, 1.54) is 0 Å². The van der Waals surface area contributed by atoms with Crippen molar-refractivity contribution in [1.29, 1.82) is 0 Å². The topological polar surface area (TPSA) is 83.0 Å². The second-order valence-electron chi connectivity index (χ2n) is 8.58. The second kappa shape index (κ2) is 9.21. The Bertz CT molecular complexity index is 1110. The minimum absolute atomic E-state index is 0.325. The number of amidine groups is 1. The number of hydrogen-bond acceptors (Lipinski definition) is 6. The van der Waals surface area contributed by atoms with Gasteiger partial charge in [-0.1, -0.05) is 30.3 Å². The third kappa shape index (κ3) is 4.40. The van der Waals surface area contributed by atoms with Crippen molar-refractivity contribution in [3.63, 3.8) is 0 Å². The van der Waals surface area contributed by atoms with Gasteiger partial charge in [0.05, 0.1) is 24.1 Å². The Labute approximate surface area is 190 Å². The van der Waals surface area contributed by atoms with Crippen LogP contribution in [0.2, 0.25) is 0 Å². The molecule has 0 aromatic heterocycles. The summed E-state index contributed by atoms with van der Waals surface area (Å²) < 4.78 is 33.8. The van der Waals surface area contributed by atoms with Crippen LogP contribution < -0.4 is 15.4 Å². The van der Waals surface area contributed by atoms with E-state index < -0.39 is 10.0 Å². The molecule has 0 atom stereocenters. The first-order valence-corrected chi connectivity index (χ1v) is 12.5. The van der Waals surface area contributed by atoms with Crippen LogP contribution in [0.15, 0.2) is 52.4 Å². The molecule has 4 rings (SSSR count). The van der Waals surface area contributed by atoms with Crippen molar-refractivity contribution in [3.05, 3.63) is 59.2 Å². The predicted molar refractivity (Wildman–Crippen MR) is 127 cm³/mol. The lowest BCUT2D eigenvalue weighted by Crippen LogP contribution is -2.64. The average molecular weight is 457 g/mol. The standard InChI is InChI=1S/C24H32N4O3S/c1-18-8-9-19(2)22(16-18)32(29,30)28-14-10-24(11-15-28)23(25-12-13-27-24)26-17-20-6-4-5-7-21(20)31-3/h4-9,16,27H,10-15,17H2,1-3H3,(H,25,26). The van der Waals surface area contributed by atoms with Crippen molar-refractivity contribution in [1.82, 2.24) is 14.9 Å². The lowest BCUT2D eigenvalue weighted by Gasteiger charge is -2.44. The summed E-state index contributed by atoms with van der Waals surface area (Å²) in [6.45, 7) is 6.80. The van der Waals surface area contributed by atoms with E-state index in [-0.39, 0.29) is 5.54 Å². The first kappa shape index (κ1) is 22.8. The maximum atomic E-state index is 13.3. The molecular formula is C24H32N4O3S. The van der Waals surface area contributed by atoms with Gasteiger partial charge in [-0.2, -0.15) is 4.31 Å². The molecular weight excluding hydrogens is 424 g/mol. The number of aliphatic imine (C=N–C) groups is 1. The number of methoxy groups -OCH3 is 1. The molecule has 0 amide bonds. The number of hydrogen-bond donors (Lipinski definition) is 2. The van der Waals surface area contributed by atoms with E-state index in [1.54, 1.807) is 17.5 Å². The third-order valence-corrected chi connectivity index (χ3v) is 8.52. The van der Waals surface area contributed by atoms with Gasteiger partial charge < -0.3 is 15.4 Å². The molecule has 1 fully saturated rings. The average Bonchev–Trinajstić information content (AvgIpc) is 2.80. The highest BCUT2D eigenvalue weighted by Crippen LogP contribution is 2.30. The van der Waals surface area contributed by atoms with Crippen LogP contribution >= 0.6 is 0 Å². The Morgan fingerprint density at radius 2 is 1.91 bits per heavy atom. The van der Waals surface area contributed by atoms with Crippen molar-refractivity contribution >= 4 is 15.9 Å². The summed E-state index contributed by atoms with van der Waals surface area (Å²) in [5.74, 6) is 1.76. The molecule has 7 nitrogen and oxygen atoms in total. The molecule has 0 unspecified atom stereocenters. The lowest BCUT2D eigenvalue weighted by molar-refractivity contribution is 0.241. The van der Waals surface area contributed by atoms with E-state index in [4.69, 9.17) is 9.73 Å². The summed E-state index contributed by atoms with van der Waals surface area (Å²) in [4.78, 5) is 5.19. The smallest absolute Gasteiger partial charge is 0.243 e. The van der Waals surface area contributed by atoms with Gasteiger partial charge in [0.2, 0.25) is 10.0 Å². The third-order valence-electron chi connectivity index (χ3n) is 6.47. The zero-order chi connectivity index (χ0) is 22.8. The van der Waals surface area contributed by atoms with E-state index in [0.29, 0.717) is 43.9 Å². The van der Waals surface area contributed by atoms with Crippen molar-refractivity contribution < 1.29 is 13.2 Å². The molecule has 2 N–H and O–H groups in total. The largest absolute Gasteiger partial charge is 0.496 e. The van der Waals surface area contributed by atoms with Crippen molar-refractivity contribution in [2.75, 3.05) is 33.3 Å². The monoisotopic (exact) mass is 456 g/mol. The van der Waals surface area contributed by atoms with Crippen LogP contribution in [-0.2, 0) is 16.6 Å². The summed E-state index contributed by atoms with van der Waals surface area (Å²) in [6, 6.07) is 13.5. The van der Waals surface area contributed by atoms with Gasteiger partial charge in [0.25, 0.3) is 0 Å². The van der Waals surface area contributed by atoms with E-state index in [2.05, 4.69) is 10.6 Å². The lowest BCUT2D eigenvalue weighted by atomic mass is 9.85. The number of nitrogens with one attached hydrogen (secondary N) is 2. The fourth-order valence-electron chi connectivity index (χ4n) is 4.60. The van der Waals surface area contributed by atoms with Gasteiger partial charge in [-0.25, -0.2) is 8.42 Å². The number of piperidine rings is 1. The van der Waals surface area contributed by atoms with E-state index in [0.717, 1.165) is 34.8 Å². The molecule has 1 spiro atoms.